The summed E-state index contributed by atoms with van der Waals surface area (Å²) < 4.78 is 11.0. The first-order chi connectivity index (χ1) is 11.3. The molecule has 23 heavy (non-hydrogen) atoms. The highest BCUT2D eigenvalue weighted by Gasteiger charge is 2.24. The lowest BCUT2D eigenvalue weighted by Crippen LogP contribution is -2.26. The van der Waals surface area contributed by atoms with Gasteiger partial charge < -0.3 is 20.1 Å². The van der Waals surface area contributed by atoms with Gasteiger partial charge in [-0.3, -0.25) is 4.79 Å². The minimum Gasteiger partial charge on any atom is -0.486 e. The molecule has 1 aliphatic carbocycles. The third-order valence-corrected chi connectivity index (χ3v) is 3.60. The normalized spacial score (nSPS) is 15.8. The van der Waals surface area contributed by atoms with Crippen molar-refractivity contribution in [3.8, 4) is 11.5 Å². The van der Waals surface area contributed by atoms with Gasteiger partial charge in [0.1, 0.15) is 18.9 Å². The van der Waals surface area contributed by atoms with E-state index in [-0.39, 0.29) is 5.91 Å². The smallest absolute Gasteiger partial charge is 0.270 e. The highest BCUT2D eigenvalue weighted by molar-refractivity contribution is 5.92. The third kappa shape index (κ3) is 3.18. The van der Waals surface area contributed by atoms with Crippen molar-refractivity contribution in [1.82, 2.24) is 15.3 Å². The van der Waals surface area contributed by atoms with Gasteiger partial charge in [0, 0.05) is 24.0 Å². The molecule has 2 aromatic rings. The average Bonchev–Trinajstić information content (AvgIpc) is 3.39. The van der Waals surface area contributed by atoms with E-state index in [0.29, 0.717) is 36.6 Å². The van der Waals surface area contributed by atoms with Crippen LogP contribution in [0.1, 0.15) is 23.3 Å². The summed E-state index contributed by atoms with van der Waals surface area (Å²) in [5.74, 6) is 1.61. The maximum atomic E-state index is 12.0. The molecule has 0 spiro atoms. The van der Waals surface area contributed by atoms with Crippen molar-refractivity contribution >= 4 is 17.5 Å². The van der Waals surface area contributed by atoms with Gasteiger partial charge in [0.25, 0.3) is 5.91 Å². The standard InChI is InChI=1S/C16H16N4O3/c21-15(18-10-1-2-10)12-5-6-17-16(20-12)19-11-3-4-13-14(9-11)23-8-7-22-13/h3-6,9-10H,1-2,7-8H2,(H,18,21)(H,17,19,20). The highest BCUT2D eigenvalue weighted by atomic mass is 16.6. The molecule has 0 saturated heterocycles. The van der Waals surface area contributed by atoms with Crippen molar-refractivity contribution in [3.63, 3.8) is 0 Å². The summed E-state index contributed by atoms with van der Waals surface area (Å²) in [6.07, 6.45) is 3.65. The molecular weight excluding hydrogens is 296 g/mol. The number of ether oxygens (including phenoxy) is 2. The molecule has 0 radical (unpaired) electrons. The predicted octanol–water partition coefficient (Wildman–Crippen LogP) is 1.88. The van der Waals surface area contributed by atoms with Crippen molar-refractivity contribution < 1.29 is 14.3 Å². The van der Waals surface area contributed by atoms with Gasteiger partial charge in [0.05, 0.1) is 0 Å². The quantitative estimate of drug-likeness (QED) is 0.896. The van der Waals surface area contributed by atoms with E-state index < -0.39 is 0 Å². The van der Waals surface area contributed by atoms with Crippen LogP contribution in [-0.4, -0.2) is 35.1 Å². The minimum absolute atomic E-state index is 0.167. The molecule has 2 heterocycles. The Labute approximate surface area is 133 Å². The lowest BCUT2D eigenvalue weighted by Gasteiger charge is -2.19. The van der Waals surface area contributed by atoms with E-state index in [1.807, 2.05) is 18.2 Å². The number of aromatic nitrogens is 2. The van der Waals surface area contributed by atoms with E-state index in [9.17, 15) is 4.79 Å². The molecule has 7 heteroatoms. The Bertz CT molecular complexity index is 746. The second kappa shape index (κ2) is 5.75. The topological polar surface area (TPSA) is 85.4 Å². The maximum absolute atomic E-state index is 12.0. The molecule has 4 rings (SSSR count). The summed E-state index contributed by atoms with van der Waals surface area (Å²) >= 11 is 0. The van der Waals surface area contributed by atoms with Crippen molar-refractivity contribution in [1.29, 1.82) is 0 Å². The zero-order valence-corrected chi connectivity index (χ0v) is 12.4. The number of nitrogens with one attached hydrogen (secondary N) is 2. The summed E-state index contributed by atoms with van der Waals surface area (Å²) in [6, 6.07) is 7.42. The van der Waals surface area contributed by atoms with E-state index in [1.165, 1.54) is 0 Å². The highest BCUT2D eigenvalue weighted by Crippen LogP contribution is 2.33. The van der Waals surface area contributed by atoms with Gasteiger partial charge in [0.15, 0.2) is 11.5 Å². The minimum atomic E-state index is -0.167. The maximum Gasteiger partial charge on any atom is 0.270 e. The average molecular weight is 312 g/mol. The number of carbonyl (C=O) groups is 1. The van der Waals surface area contributed by atoms with Crippen molar-refractivity contribution in [2.24, 2.45) is 0 Å². The summed E-state index contributed by atoms with van der Waals surface area (Å²) in [5, 5.41) is 5.99. The van der Waals surface area contributed by atoms with Crippen molar-refractivity contribution in [2.75, 3.05) is 18.5 Å². The second-order valence-corrected chi connectivity index (χ2v) is 5.50. The SMILES string of the molecule is O=C(NC1CC1)c1ccnc(Nc2ccc3c(c2)OCCO3)n1. The summed E-state index contributed by atoms with van der Waals surface area (Å²) in [4.78, 5) is 20.4. The van der Waals surface area contributed by atoms with E-state index >= 15 is 0 Å². The molecule has 7 nitrogen and oxygen atoms in total. The Morgan fingerprint density at radius 2 is 1.96 bits per heavy atom. The zero-order valence-electron chi connectivity index (χ0n) is 12.4. The van der Waals surface area contributed by atoms with Crippen molar-refractivity contribution in [3.05, 3.63) is 36.2 Å². The second-order valence-electron chi connectivity index (χ2n) is 5.50. The number of anilines is 2. The lowest BCUT2D eigenvalue weighted by atomic mass is 10.2. The number of hydrogen-bond acceptors (Lipinski definition) is 6. The molecule has 1 amide bonds. The van der Waals surface area contributed by atoms with E-state index in [4.69, 9.17) is 9.47 Å². The predicted molar refractivity (Wildman–Crippen MR) is 83.2 cm³/mol. The van der Waals surface area contributed by atoms with Gasteiger partial charge in [-0.2, -0.15) is 0 Å². The number of fused-ring (bicyclic) bond motifs is 1. The van der Waals surface area contributed by atoms with Crippen LogP contribution in [0.25, 0.3) is 0 Å². The number of benzene rings is 1. The van der Waals surface area contributed by atoms with Crippen LogP contribution in [0.4, 0.5) is 11.6 Å². The Balaban J connectivity index is 1.50. The fraction of sp³-hybridized carbons (Fsp3) is 0.312. The van der Waals surface area contributed by atoms with Crippen LogP contribution in [0, 0.1) is 0 Å². The Hall–Kier alpha value is -2.83. The van der Waals surface area contributed by atoms with Gasteiger partial charge in [-0.05, 0) is 31.0 Å². The van der Waals surface area contributed by atoms with Gasteiger partial charge >= 0.3 is 0 Å². The van der Waals surface area contributed by atoms with Crippen LogP contribution in [0.15, 0.2) is 30.5 Å². The first-order valence-electron chi connectivity index (χ1n) is 7.58. The molecule has 2 N–H and O–H groups in total. The molecule has 0 bridgehead atoms. The number of carbonyl (C=O) groups excluding carboxylic acids is 1. The summed E-state index contributed by atoms with van der Waals surface area (Å²) in [7, 11) is 0. The Morgan fingerprint density at radius 3 is 2.78 bits per heavy atom. The van der Waals surface area contributed by atoms with Crippen LogP contribution in [0.3, 0.4) is 0 Å². The molecule has 118 valence electrons. The molecule has 1 fully saturated rings. The molecule has 1 aliphatic heterocycles. The zero-order chi connectivity index (χ0) is 15.6. The molecule has 2 aliphatic rings. The van der Waals surface area contributed by atoms with Gasteiger partial charge in [-0.25, -0.2) is 9.97 Å². The number of rotatable bonds is 4. The largest absolute Gasteiger partial charge is 0.486 e. The number of nitrogens with zero attached hydrogens (tertiary/aromatic N) is 2. The molecule has 0 unspecified atom stereocenters. The fourth-order valence-corrected chi connectivity index (χ4v) is 2.28. The van der Waals surface area contributed by atoms with Gasteiger partial charge in [0.2, 0.25) is 5.95 Å². The fourth-order valence-electron chi connectivity index (χ4n) is 2.28. The number of hydrogen-bond donors (Lipinski definition) is 2. The number of amides is 1. The monoisotopic (exact) mass is 312 g/mol. The Morgan fingerprint density at radius 1 is 1.13 bits per heavy atom. The summed E-state index contributed by atoms with van der Waals surface area (Å²) in [5.41, 5.74) is 1.13. The van der Waals surface area contributed by atoms with E-state index in [2.05, 4.69) is 20.6 Å². The van der Waals surface area contributed by atoms with E-state index in [0.717, 1.165) is 24.3 Å². The lowest BCUT2D eigenvalue weighted by molar-refractivity contribution is 0.0946. The van der Waals surface area contributed by atoms with Gasteiger partial charge in [-0.1, -0.05) is 0 Å². The van der Waals surface area contributed by atoms with Crippen LogP contribution >= 0.6 is 0 Å². The van der Waals surface area contributed by atoms with Crippen LogP contribution in [0.2, 0.25) is 0 Å². The molecule has 0 atom stereocenters. The van der Waals surface area contributed by atoms with Gasteiger partial charge in [-0.15, -0.1) is 0 Å². The molecule has 1 aromatic carbocycles. The van der Waals surface area contributed by atoms with Crippen LogP contribution in [-0.2, 0) is 0 Å². The first kappa shape index (κ1) is 13.8. The van der Waals surface area contributed by atoms with Crippen molar-refractivity contribution in [2.45, 2.75) is 18.9 Å². The first-order valence-corrected chi connectivity index (χ1v) is 7.58. The summed E-state index contributed by atoms with van der Waals surface area (Å²) in [6.45, 7) is 1.09. The third-order valence-electron chi connectivity index (χ3n) is 3.60. The molecular formula is C16H16N4O3. The van der Waals surface area contributed by atoms with Crippen LogP contribution < -0.4 is 20.1 Å². The Kier molecular flexibility index (Phi) is 3.45. The van der Waals surface area contributed by atoms with E-state index in [1.54, 1.807) is 12.3 Å². The molecule has 1 saturated carbocycles. The molecule has 1 aromatic heterocycles. The van der Waals surface area contributed by atoms with Crippen LogP contribution in [0.5, 0.6) is 11.5 Å².